The number of carbonyl (C=O) groups is 1. The first kappa shape index (κ1) is 15.2. The Labute approximate surface area is 140 Å². The molecule has 1 amide bonds. The molecule has 1 saturated carbocycles. The molecule has 0 bridgehead atoms. The van der Waals surface area contributed by atoms with Gasteiger partial charge in [-0.2, -0.15) is 5.10 Å². The maximum atomic E-state index is 12.4. The van der Waals surface area contributed by atoms with Gasteiger partial charge in [-0.1, -0.05) is 6.07 Å². The molecular weight excluding hydrogens is 328 g/mol. The summed E-state index contributed by atoms with van der Waals surface area (Å²) in [4.78, 5) is 14.3. The van der Waals surface area contributed by atoms with E-state index in [1.54, 1.807) is 24.1 Å². The van der Waals surface area contributed by atoms with E-state index in [1.807, 2.05) is 6.07 Å². The first-order valence-corrected chi connectivity index (χ1v) is 9.38. The van der Waals surface area contributed by atoms with E-state index in [4.69, 9.17) is 0 Å². The van der Waals surface area contributed by atoms with Crippen LogP contribution >= 0.6 is 0 Å². The quantitative estimate of drug-likeness (QED) is 0.910. The highest BCUT2D eigenvalue weighted by Gasteiger charge is 2.36. The van der Waals surface area contributed by atoms with E-state index in [9.17, 15) is 13.2 Å². The van der Waals surface area contributed by atoms with E-state index < -0.39 is 10.0 Å². The van der Waals surface area contributed by atoms with Gasteiger partial charge < -0.3 is 4.90 Å². The van der Waals surface area contributed by atoms with Gasteiger partial charge in [0.15, 0.2) is 0 Å². The molecule has 0 radical (unpaired) electrons. The van der Waals surface area contributed by atoms with Crippen molar-refractivity contribution in [1.29, 1.82) is 0 Å². The van der Waals surface area contributed by atoms with Crippen molar-refractivity contribution in [2.24, 2.45) is 13.0 Å². The third-order valence-corrected chi connectivity index (χ3v) is 5.75. The smallest absolute Gasteiger partial charge is 0.265 e. The Hall–Kier alpha value is -2.35. The maximum Gasteiger partial charge on any atom is 0.265 e. The minimum atomic E-state index is -3.69. The first-order valence-electron chi connectivity index (χ1n) is 7.90. The van der Waals surface area contributed by atoms with Crippen molar-refractivity contribution < 1.29 is 13.2 Å². The van der Waals surface area contributed by atoms with Gasteiger partial charge in [-0.3, -0.25) is 14.2 Å². The minimum Gasteiger partial charge on any atom is -0.312 e. The SMILES string of the molecule is Cn1cc(S(=O)(=O)Nc2ccc3c(c2)N(C(=O)C2CC2)CC3)cn1. The summed E-state index contributed by atoms with van der Waals surface area (Å²) < 4.78 is 28.8. The molecule has 1 aliphatic heterocycles. The largest absolute Gasteiger partial charge is 0.312 e. The lowest BCUT2D eigenvalue weighted by molar-refractivity contribution is -0.119. The predicted octanol–water partition coefficient (Wildman–Crippen LogP) is 1.52. The summed E-state index contributed by atoms with van der Waals surface area (Å²) in [5, 5.41) is 3.89. The molecule has 1 aromatic heterocycles. The molecule has 2 aliphatic rings. The fraction of sp³-hybridized carbons (Fsp3) is 0.375. The van der Waals surface area contributed by atoms with Crippen molar-refractivity contribution in [1.82, 2.24) is 9.78 Å². The van der Waals surface area contributed by atoms with Crippen LogP contribution < -0.4 is 9.62 Å². The number of amides is 1. The molecule has 1 fully saturated rings. The topological polar surface area (TPSA) is 84.3 Å². The van der Waals surface area contributed by atoms with Crippen molar-refractivity contribution in [3.05, 3.63) is 36.2 Å². The van der Waals surface area contributed by atoms with E-state index in [1.165, 1.54) is 17.1 Å². The minimum absolute atomic E-state index is 0.108. The number of benzene rings is 1. The second-order valence-corrected chi connectivity index (χ2v) is 8.00. The van der Waals surface area contributed by atoms with Crippen molar-refractivity contribution in [2.75, 3.05) is 16.2 Å². The molecular formula is C16H18N4O3S. The lowest BCUT2D eigenvalue weighted by Crippen LogP contribution is -2.30. The van der Waals surface area contributed by atoms with Gasteiger partial charge in [-0.15, -0.1) is 0 Å². The molecule has 0 atom stereocenters. The van der Waals surface area contributed by atoms with Gasteiger partial charge in [0.25, 0.3) is 10.0 Å². The number of nitrogens with zero attached hydrogens (tertiary/aromatic N) is 3. The average molecular weight is 346 g/mol. The number of hydrogen-bond donors (Lipinski definition) is 1. The predicted molar refractivity (Wildman–Crippen MR) is 89.2 cm³/mol. The van der Waals surface area contributed by atoms with Gasteiger partial charge in [-0.25, -0.2) is 8.42 Å². The van der Waals surface area contributed by atoms with E-state index in [0.29, 0.717) is 12.2 Å². The fourth-order valence-electron chi connectivity index (χ4n) is 2.97. The van der Waals surface area contributed by atoms with E-state index in [-0.39, 0.29) is 16.7 Å². The van der Waals surface area contributed by atoms with Crippen LogP contribution in [0.3, 0.4) is 0 Å². The van der Waals surface area contributed by atoms with Crippen LogP contribution in [0.1, 0.15) is 18.4 Å². The van der Waals surface area contributed by atoms with Crippen LogP contribution in [0.4, 0.5) is 11.4 Å². The zero-order chi connectivity index (χ0) is 16.9. The molecule has 126 valence electrons. The number of fused-ring (bicyclic) bond motifs is 1. The molecule has 24 heavy (non-hydrogen) atoms. The highest BCUT2D eigenvalue weighted by Crippen LogP contribution is 2.37. The monoisotopic (exact) mass is 346 g/mol. The molecule has 0 spiro atoms. The molecule has 0 saturated heterocycles. The molecule has 1 aliphatic carbocycles. The van der Waals surface area contributed by atoms with Crippen LogP contribution in [0, 0.1) is 5.92 Å². The molecule has 4 rings (SSSR count). The fourth-order valence-corrected chi connectivity index (χ4v) is 4.01. The van der Waals surface area contributed by atoms with Crippen LogP contribution in [0.5, 0.6) is 0 Å². The van der Waals surface area contributed by atoms with Gasteiger partial charge in [-0.05, 0) is 37.0 Å². The Morgan fingerprint density at radius 1 is 1.33 bits per heavy atom. The van der Waals surface area contributed by atoms with Crippen LogP contribution in [-0.2, 0) is 28.3 Å². The Bertz CT molecular complexity index is 915. The summed E-state index contributed by atoms with van der Waals surface area (Å²) in [6.45, 7) is 0.670. The highest BCUT2D eigenvalue weighted by molar-refractivity contribution is 7.92. The lowest BCUT2D eigenvalue weighted by atomic mass is 10.1. The summed E-state index contributed by atoms with van der Waals surface area (Å²) >= 11 is 0. The van der Waals surface area contributed by atoms with Crippen molar-refractivity contribution >= 4 is 27.3 Å². The Kier molecular flexibility index (Phi) is 3.38. The van der Waals surface area contributed by atoms with Crippen LogP contribution in [0.2, 0.25) is 0 Å². The molecule has 7 nitrogen and oxygen atoms in total. The number of aryl methyl sites for hydroxylation is 1. The average Bonchev–Trinajstić information content (AvgIpc) is 3.16. The second-order valence-electron chi connectivity index (χ2n) is 6.31. The number of aromatic nitrogens is 2. The number of hydrogen-bond acceptors (Lipinski definition) is 4. The van der Waals surface area contributed by atoms with E-state index >= 15 is 0 Å². The van der Waals surface area contributed by atoms with Crippen LogP contribution in [0.25, 0.3) is 0 Å². The second kappa shape index (κ2) is 5.34. The van der Waals surface area contributed by atoms with E-state index in [2.05, 4.69) is 9.82 Å². The number of sulfonamides is 1. The molecule has 0 unspecified atom stereocenters. The standard InChI is InChI=1S/C16H18N4O3S/c1-19-10-14(9-17-19)24(22,23)18-13-5-4-11-6-7-20(15(11)8-13)16(21)12-2-3-12/h4-5,8-10,12,18H,2-3,6-7H2,1H3. The number of nitrogens with one attached hydrogen (secondary N) is 1. The number of anilines is 2. The third kappa shape index (κ3) is 2.66. The first-order chi connectivity index (χ1) is 11.4. The molecule has 2 heterocycles. The zero-order valence-electron chi connectivity index (χ0n) is 13.3. The summed E-state index contributed by atoms with van der Waals surface area (Å²) in [7, 11) is -2.03. The molecule has 1 aromatic carbocycles. The number of rotatable bonds is 4. The zero-order valence-corrected chi connectivity index (χ0v) is 14.1. The van der Waals surface area contributed by atoms with Gasteiger partial charge in [0, 0.05) is 31.4 Å². The Morgan fingerprint density at radius 3 is 2.79 bits per heavy atom. The molecule has 8 heteroatoms. The number of carbonyl (C=O) groups excluding carboxylic acids is 1. The lowest BCUT2D eigenvalue weighted by Gasteiger charge is -2.18. The van der Waals surface area contributed by atoms with Crippen molar-refractivity contribution in [2.45, 2.75) is 24.2 Å². The van der Waals surface area contributed by atoms with Gasteiger partial charge in [0.1, 0.15) is 4.90 Å². The maximum absolute atomic E-state index is 12.4. The Morgan fingerprint density at radius 2 is 2.12 bits per heavy atom. The third-order valence-electron chi connectivity index (χ3n) is 4.42. The highest BCUT2D eigenvalue weighted by atomic mass is 32.2. The molecule has 1 N–H and O–H groups in total. The summed E-state index contributed by atoms with van der Waals surface area (Å²) in [5.74, 6) is 0.299. The van der Waals surface area contributed by atoms with Gasteiger partial charge in [0.05, 0.1) is 11.9 Å². The van der Waals surface area contributed by atoms with Crippen molar-refractivity contribution in [3.8, 4) is 0 Å². The van der Waals surface area contributed by atoms with Gasteiger partial charge >= 0.3 is 0 Å². The Balaban J connectivity index is 1.61. The molecule has 2 aromatic rings. The summed E-state index contributed by atoms with van der Waals surface area (Å²) in [6.07, 6.45) is 5.47. The summed E-state index contributed by atoms with van der Waals surface area (Å²) in [6, 6.07) is 5.37. The normalized spacial score (nSPS) is 17.0. The van der Waals surface area contributed by atoms with Crippen LogP contribution in [-0.4, -0.2) is 30.7 Å². The summed E-state index contributed by atoms with van der Waals surface area (Å²) in [5.41, 5.74) is 2.35. The van der Waals surface area contributed by atoms with E-state index in [0.717, 1.165) is 30.5 Å². The van der Waals surface area contributed by atoms with Gasteiger partial charge in [0.2, 0.25) is 5.91 Å². The van der Waals surface area contributed by atoms with Crippen molar-refractivity contribution in [3.63, 3.8) is 0 Å². The van der Waals surface area contributed by atoms with Crippen LogP contribution in [0.15, 0.2) is 35.5 Å².